The second kappa shape index (κ2) is 5.69. The molecule has 1 aromatic rings. The van der Waals surface area contributed by atoms with Gasteiger partial charge in [0.25, 0.3) is 0 Å². The lowest BCUT2D eigenvalue weighted by atomic mass is 9.96. The summed E-state index contributed by atoms with van der Waals surface area (Å²) in [6.07, 6.45) is 8.81. The van der Waals surface area contributed by atoms with Crippen molar-refractivity contribution >= 4 is 11.7 Å². The molecule has 1 amide bonds. The van der Waals surface area contributed by atoms with Gasteiger partial charge in [0.15, 0.2) is 5.82 Å². The molecule has 5 nitrogen and oxygen atoms in total. The van der Waals surface area contributed by atoms with Gasteiger partial charge in [-0.3, -0.25) is 14.4 Å². The number of terminal acetylenes is 1. The van der Waals surface area contributed by atoms with Crippen molar-refractivity contribution in [3.05, 3.63) is 12.3 Å². The molecule has 1 N–H and O–H groups in total. The molecule has 0 spiro atoms. The van der Waals surface area contributed by atoms with Crippen LogP contribution < -0.4 is 5.32 Å². The predicted octanol–water partition coefficient (Wildman–Crippen LogP) is 0.704. The summed E-state index contributed by atoms with van der Waals surface area (Å²) in [5.74, 6) is 3.39. The lowest BCUT2D eigenvalue weighted by Gasteiger charge is -2.29. The summed E-state index contributed by atoms with van der Waals surface area (Å²) in [6, 6.07) is 1.80. The first-order chi connectivity index (χ1) is 8.69. The third-order valence-electron chi connectivity index (χ3n) is 3.24. The van der Waals surface area contributed by atoms with Gasteiger partial charge in [-0.05, 0) is 25.9 Å². The molecule has 96 valence electrons. The van der Waals surface area contributed by atoms with Gasteiger partial charge in [-0.15, -0.1) is 6.42 Å². The predicted molar refractivity (Wildman–Crippen MR) is 69.8 cm³/mol. The van der Waals surface area contributed by atoms with E-state index in [9.17, 15) is 4.79 Å². The Morgan fingerprint density at radius 1 is 1.61 bits per heavy atom. The second-order valence-corrected chi connectivity index (χ2v) is 4.62. The van der Waals surface area contributed by atoms with Gasteiger partial charge in [-0.1, -0.05) is 5.92 Å². The summed E-state index contributed by atoms with van der Waals surface area (Å²) in [7, 11) is 1.83. The highest BCUT2D eigenvalue weighted by Crippen LogP contribution is 2.18. The molecule has 5 heteroatoms. The molecular formula is C13H18N4O. The molecule has 0 bridgehead atoms. The van der Waals surface area contributed by atoms with E-state index in [2.05, 4.69) is 21.2 Å². The molecule has 0 aliphatic carbocycles. The summed E-state index contributed by atoms with van der Waals surface area (Å²) in [6.45, 7) is 2.46. The molecule has 1 aliphatic heterocycles. The molecule has 2 heterocycles. The summed E-state index contributed by atoms with van der Waals surface area (Å²) in [5.41, 5.74) is 0. The topological polar surface area (TPSA) is 50.2 Å². The quantitative estimate of drug-likeness (QED) is 0.799. The van der Waals surface area contributed by atoms with Crippen LogP contribution in [-0.4, -0.2) is 40.2 Å². The number of rotatable bonds is 3. The molecule has 1 saturated heterocycles. The maximum atomic E-state index is 12.0. The van der Waals surface area contributed by atoms with E-state index in [0.29, 0.717) is 12.4 Å². The van der Waals surface area contributed by atoms with Gasteiger partial charge in [0.05, 0.1) is 6.54 Å². The highest BCUT2D eigenvalue weighted by Gasteiger charge is 2.24. The first kappa shape index (κ1) is 12.7. The minimum Gasteiger partial charge on any atom is -0.309 e. The number of aryl methyl sites for hydroxylation is 1. The van der Waals surface area contributed by atoms with Crippen LogP contribution in [0.25, 0.3) is 0 Å². The molecule has 0 unspecified atom stereocenters. The van der Waals surface area contributed by atoms with Gasteiger partial charge in [-0.25, -0.2) is 0 Å². The van der Waals surface area contributed by atoms with E-state index in [1.807, 2.05) is 13.2 Å². The van der Waals surface area contributed by atoms with Gasteiger partial charge in [0.1, 0.15) is 0 Å². The fraction of sp³-hybridized carbons (Fsp3) is 0.538. The number of hydrogen-bond donors (Lipinski definition) is 1. The molecule has 1 aliphatic rings. The molecule has 1 aromatic heterocycles. The Labute approximate surface area is 107 Å². The normalized spacial score (nSPS) is 17.3. The number of carbonyl (C=O) groups is 1. The first-order valence-electron chi connectivity index (χ1n) is 6.15. The number of likely N-dealkylation sites (tertiary alicyclic amines) is 1. The number of amides is 1. The van der Waals surface area contributed by atoms with E-state index < -0.39 is 0 Å². The number of nitrogens with one attached hydrogen (secondary N) is 1. The average molecular weight is 246 g/mol. The zero-order chi connectivity index (χ0) is 13.0. The second-order valence-electron chi connectivity index (χ2n) is 4.62. The van der Waals surface area contributed by atoms with Crippen LogP contribution in [-0.2, 0) is 11.8 Å². The van der Waals surface area contributed by atoms with Crippen LogP contribution in [0, 0.1) is 18.3 Å². The van der Waals surface area contributed by atoms with Crippen LogP contribution in [0.5, 0.6) is 0 Å². The molecule has 1 fully saturated rings. The Morgan fingerprint density at radius 3 is 2.89 bits per heavy atom. The monoisotopic (exact) mass is 246 g/mol. The molecular weight excluding hydrogens is 228 g/mol. The van der Waals surface area contributed by atoms with Gasteiger partial charge < -0.3 is 5.32 Å². The Morgan fingerprint density at radius 2 is 2.33 bits per heavy atom. The molecule has 0 atom stereocenters. The molecule has 2 rings (SSSR count). The summed E-state index contributed by atoms with van der Waals surface area (Å²) >= 11 is 0. The van der Waals surface area contributed by atoms with Crippen molar-refractivity contribution in [2.45, 2.75) is 12.8 Å². The van der Waals surface area contributed by atoms with Crippen molar-refractivity contribution in [2.75, 3.05) is 25.0 Å². The van der Waals surface area contributed by atoms with Crippen molar-refractivity contribution < 1.29 is 4.79 Å². The summed E-state index contributed by atoms with van der Waals surface area (Å²) < 4.78 is 1.67. The highest BCUT2D eigenvalue weighted by molar-refractivity contribution is 5.91. The number of piperidine rings is 1. The summed E-state index contributed by atoms with van der Waals surface area (Å²) in [5, 5.41) is 6.99. The largest absolute Gasteiger partial charge is 0.309 e. The average Bonchev–Trinajstić information content (AvgIpc) is 2.76. The number of carbonyl (C=O) groups excluding carboxylic acids is 1. The number of nitrogens with zero attached hydrogens (tertiary/aromatic N) is 3. The standard InChI is InChI=1S/C13H18N4O/c1-3-7-17-9-4-11(5-10-17)13(18)14-12-6-8-16(2)15-12/h1,6,8,11H,4-5,7,9-10H2,2H3,(H,14,15,18). The van der Waals surface area contributed by atoms with Gasteiger partial charge in [-0.2, -0.15) is 5.10 Å². The lowest BCUT2D eigenvalue weighted by molar-refractivity contribution is -0.121. The van der Waals surface area contributed by atoms with E-state index in [0.717, 1.165) is 25.9 Å². The Bertz CT molecular complexity index is 452. The van der Waals surface area contributed by atoms with Gasteiger partial charge >= 0.3 is 0 Å². The number of aromatic nitrogens is 2. The van der Waals surface area contributed by atoms with Gasteiger partial charge in [0, 0.05) is 25.2 Å². The first-order valence-corrected chi connectivity index (χ1v) is 6.15. The van der Waals surface area contributed by atoms with Crippen molar-refractivity contribution in [2.24, 2.45) is 13.0 Å². The van der Waals surface area contributed by atoms with Gasteiger partial charge in [0.2, 0.25) is 5.91 Å². The number of hydrogen-bond acceptors (Lipinski definition) is 3. The van der Waals surface area contributed by atoms with Crippen LogP contribution in [0.2, 0.25) is 0 Å². The van der Waals surface area contributed by atoms with Crippen LogP contribution in [0.1, 0.15) is 12.8 Å². The van der Waals surface area contributed by atoms with Crippen LogP contribution in [0.15, 0.2) is 12.3 Å². The van der Waals surface area contributed by atoms with Crippen molar-refractivity contribution in [1.29, 1.82) is 0 Å². The molecule has 0 radical (unpaired) electrons. The fourth-order valence-corrected chi connectivity index (χ4v) is 2.19. The highest BCUT2D eigenvalue weighted by atomic mass is 16.2. The number of anilines is 1. The van der Waals surface area contributed by atoms with E-state index in [1.54, 1.807) is 10.7 Å². The smallest absolute Gasteiger partial charge is 0.228 e. The molecule has 18 heavy (non-hydrogen) atoms. The maximum Gasteiger partial charge on any atom is 0.228 e. The minimum atomic E-state index is 0.0639. The SMILES string of the molecule is C#CCN1CCC(C(=O)Nc2ccn(C)n2)CC1. The lowest BCUT2D eigenvalue weighted by Crippen LogP contribution is -2.38. The zero-order valence-corrected chi connectivity index (χ0v) is 10.6. The third-order valence-corrected chi connectivity index (χ3v) is 3.24. The summed E-state index contributed by atoms with van der Waals surface area (Å²) in [4.78, 5) is 14.2. The Kier molecular flexibility index (Phi) is 4.00. The zero-order valence-electron chi connectivity index (χ0n) is 10.6. The van der Waals surface area contributed by atoms with Crippen molar-refractivity contribution in [3.63, 3.8) is 0 Å². The van der Waals surface area contributed by atoms with E-state index >= 15 is 0 Å². The van der Waals surface area contributed by atoms with Crippen LogP contribution in [0.3, 0.4) is 0 Å². The Hall–Kier alpha value is -1.80. The van der Waals surface area contributed by atoms with E-state index in [-0.39, 0.29) is 11.8 Å². The maximum absolute atomic E-state index is 12.0. The van der Waals surface area contributed by atoms with Crippen LogP contribution in [0.4, 0.5) is 5.82 Å². The molecule has 0 aromatic carbocycles. The Balaban J connectivity index is 1.83. The van der Waals surface area contributed by atoms with Crippen molar-refractivity contribution in [3.8, 4) is 12.3 Å². The third kappa shape index (κ3) is 3.11. The minimum absolute atomic E-state index is 0.0639. The fourth-order valence-electron chi connectivity index (χ4n) is 2.19. The van der Waals surface area contributed by atoms with E-state index in [4.69, 9.17) is 6.42 Å². The van der Waals surface area contributed by atoms with Crippen molar-refractivity contribution in [1.82, 2.24) is 14.7 Å². The molecule has 0 saturated carbocycles. The van der Waals surface area contributed by atoms with Crippen LogP contribution >= 0.6 is 0 Å². The van der Waals surface area contributed by atoms with E-state index in [1.165, 1.54) is 0 Å².